The minimum atomic E-state index is -0.553. The summed E-state index contributed by atoms with van der Waals surface area (Å²) < 4.78 is 0. The average Bonchev–Trinajstić information content (AvgIpc) is 3.82. The lowest BCUT2D eigenvalue weighted by molar-refractivity contribution is 0.802. The lowest BCUT2D eigenvalue weighted by Gasteiger charge is -2.32. The van der Waals surface area contributed by atoms with E-state index in [1.54, 1.807) is 0 Å². The van der Waals surface area contributed by atoms with Crippen LogP contribution in [0.2, 0.25) is 0 Å². The molecule has 0 saturated carbocycles. The molecule has 1 unspecified atom stereocenters. The Morgan fingerprint density at radius 1 is 0.262 bits per heavy atom. The molecule has 13 rings (SSSR count). The van der Waals surface area contributed by atoms with Gasteiger partial charge in [0, 0.05) is 16.7 Å². The molecule has 0 fully saturated rings. The molecular formula is C58H35N3. The van der Waals surface area contributed by atoms with E-state index in [4.69, 9.17) is 15.0 Å². The highest BCUT2D eigenvalue weighted by Gasteiger charge is 2.53. The van der Waals surface area contributed by atoms with Crippen molar-refractivity contribution in [1.82, 2.24) is 15.0 Å². The molecule has 10 aromatic carbocycles. The Bertz CT molecular complexity index is 3540. The fourth-order valence-corrected chi connectivity index (χ4v) is 10.7. The summed E-state index contributed by atoms with van der Waals surface area (Å²) in [7, 11) is 0. The first-order chi connectivity index (χ1) is 30.3. The third-order valence-electron chi connectivity index (χ3n) is 13.1. The normalized spacial score (nSPS) is 14.6. The van der Waals surface area contributed by atoms with Gasteiger partial charge in [0.15, 0.2) is 17.5 Å². The number of hydrogen-bond donors (Lipinski definition) is 0. The maximum absolute atomic E-state index is 5.34. The molecule has 1 spiro atoms. The van der Waals surface area contributed by atoms with Crippen LogP contribution in [0.4, 0.5) is 0 Å². The SMILES string of the molecule is c1ccc(-c2nc(-c3ccccc3)nc(-c3c(-c4cccc5c4-c4ccccc4C54c5ccccc5-c5c4c4ccccc4c4ccccc54)ccc4ccccc34)n2)cc1. The van der Waals surface area contributed by atoms with Gasteiger partial charge in [0.2, 0.25) is 0 Å². The van der Waals surface area contributed by atoms with E-state index in [9.17, 15) is 0 Å². The van der Waals surface area contributed by atoms with E-state index in [2.05, 4.69) is 176 Å². The summed E-state index contributed by atoms with van der Waals surface area (Å²) in [6.07, 6.45) is 0. The molecule has 3 nitrogen and oxygen atoms in total. The molecule has 0 bridgehead atoms. The first-order valence-electron chi connectivity index (χ1n) is 21.0. The second-order valence-electron chi connectivity index (χ2n) is 16.2. The minimum absolute atomic E-state index is 0.553. The molecule has 1 atom stereocenters. The predicted octanol–water partition coefficient (Wildman–Crippen LogP) is 14.3. The maximum atomic E-state index is 5.34. The van der Waals surface area contributed by atoms with Crippen molar-refractivity contribution in [1.29, 1.82) is 0 Å². The molecule has 0 amide bonds. The predicted molar refractivity (Wildman–Crippen MR) is 250 cm³/mol. The molecule has 2 aliphatic carbocycles. The van der Waals surface area contributed by atoms with Crippen molar-refractivity contribution in [3.63, 3.8) is 0 Å². The fourth-order valence-electron chi connectivity index (χ4n) is 10.7. The van der Waals surface area contributed by atoms with E-state index in [1.165, 1.54) is 66.1 Å². The number of fused-ring (bicyclic) bond motifs is 16. The molecule has 282 valence electrons. The van der Waals surface area contributed by atoms with E-state index in [0.717, 1.165) is 38.6 Å². The van der Waals surface area contributed by atoms with Crippen LogP contribution in [0, 0.1) is 0 Å². The van der Waals surface area contributed by atoms with Crippen LogP contribution in [0.25, 0.3) is 99.9 Å². The van der Waals surface area contributed by atoms with Crippen molar-refractivity contribution in [2.75, 3.05) is 0 Å². The third-order valence-corrected chi connectivity index (χ3v) is 13.1. The van der Waals surface area contributed by atoms with E-state index < -0.39 is 5.41 Å². The van der Waals surface area contributed by atoms with Gasteiger partial charge in [-0.05, 0) is 88.0 Å². The van der Waals surface area contributed by atoms with Gasteiger partial charge in [-0.25, -0.2) is 15.0 Å². The van der Waals surface area contributed by atoms with Crippen molar-refractivity contribution in [2.45, 2.75) is 5.41 Å². The Morgan fingerprint density at radius 2 is 0.721 bits per heavy atom. The molecule has 0 aliphatic heterocycles. The Balaban J connectivity index is 1.15. The minimum Gasteiger partial charge on any atom is -0.208 e. The third kappa shape index (κ3) is 4.72. The number of rotatable bonds is 4. The molecular weight excluding hydrogens is 739 g/mol. The zero-order valence-electron chi connectivity index (χ0n) is 33.0. The van der Waals surface area contributed by atoms with Crippen LogP contribution in [-0.2, 0) is 5.41 Å². The van der Waals surface area contributed by atoms with E-state index in [0.29, 0.717) is 17.5 Å². The standard InChI is InChI=1S/C58H35N3/c1-3-19-37(20-4-1)55-59-56(38-21-5-2-6-22-38)61-57(60-55)53-39-23-8-7-18-36(39)34-35-44(53)43-30-17-33-50-51(43)46-28-13-15-31-48(46)58(50)49-32-16-14-29-47(49)52-42-26-11-9-24-40(42)41-25-10-12-27-45(41)54(52)58/h1-35H. The van der Waals surface area contributed by atoms with Crippen molar-refractivity contribution in [3.8, 4) is 67.5 Å². The topological polar surface area (TPSA) is 38.7 Å². The molecule has 1 heterocycles. The maximum Gasteiger partial charge on any atom is 0.165 e. The number of nitrogens with zero attached hydrogens (tertiary/aromatic N) is 3. The monoisotopic (exact) mass is 773 g/mol. The second kappa shape index (κ2) is 13.0. The summed E-state index contributed by atoms with van der Waals surface area (Å²) in [5.41, 5.74) is 15.0. The highest BCUT2D eigenvalue weighted by Crippen LogP contribution is 2.66. The smallest absolute Gasteiger partial charge is 0.165 e. The molecule has 0 radical (unpaired) electrons. The Kier molecular flexibility index (Phi) is 7.22. The fraction of sp³-hybridized carbons (Fsp3) is 0.0172. The van der Waals surface area contributed by atoms with Gasteiger partial charge in [-0.2, -0.15) is 0 Å². The first kappa shape index (κ1) is 33.9. The zero-order chi connectivity index (χ0) is 40.1. The van der Waals surface area contributed by atoms with Gasteiger partial charge in [0.05, 0.1) is 5.41 Å². The van der Waals surface area contributed by atoms with Gasteiger partial charge in [-0.3, -0.25) is 0 Å². The van der Waals surface area contributed by atoms with Crippen LogP contribution < -0.4 is 0 Å². The van der Waals surface area contributed by atoms with Crippen molar-refractivity contribution < 1.29 is 0 Å². The Morgan fingerprint density at radius 3 is 1.39 bits per heavy atom. The van der Waals surface area contributed by atoms with Gasteiger partial charge >= 0.3 is 0 Å². The highest BCUT2D eigenvalue weighted by molar-refractivity contribution is 6.20. The Labute approximate surface area is 353 Å². The van der Waals surface area contributed by atoms with Gasteiger partial charge in [0.1, 0.15) is 0 Å². The van der Waals surface area contributed by atoms with Gasteiger partial charge in [-0.1, -0.05) is 212 Å². The molecule has 61 heavy (non-hydrogen) atoms. The summed E-state index contributed by atoms with van der Waals surface area (Å²) in [6, 6.07) is 76.9. The van der Waals surface area contributed by atoms with Crippen LogP contribution in [0.5, 0.6) is 0 Å². The van der Waals surface area contributed by atoms with Gasteiger partial charge in [0.25, 0.3) is 0 Å². The quantitative estimate of drug-likeness (QED) is 0.167. The van der Waals surface area contributed by atoms with E-state index in [1.807, 2.05) is 36.4 Å². The summed E-state index contributed by atoms with van der Waals surface area (Å²) in [5, 5.41) is 7.37. The number of benzene rings is 10. The Hall–Kier alpha value is -8.01. The van der Waals surface area contributed by atoms with E-state index >= 15 is 0 Å². The van der Waals surface area contributed by atoms with Crippen LogP contribution in [0.15, 0.2) is 212 Å². The zero-order valence-corrected chi connectivity index (χ0v) is 33.0. The van der Waals surface area contributed by atoms with E-state index in [-0.39, 0.29) is 0 Å². The second-order valence-corrected chi connectivity index (χ2v) is 16.2. The van der Waals surface area contributed by atoms with Crippen molar-refractivity contribution >= 4 is 32.3 Å². The van der Waals surface area contributed by atoms with Gasteiger partial charge < -0.3 is 0 Å². The molecule has 11 aromatic rings. The lowest BCUT2D eigenvalue weighted by atomic mass is 9.69. The lowest BCUT2D eigenvalue weighted by Crippen LogP contribution is -2.26. The van der Waals surface area contributed by atoms with Crippen LogP contribution in [-0.4, -0.2) is 15.0 Å². The largest absolute Gasteiger partial charge is 0.208 e. The molecule has 1 aromatic heterocycles. The molecule has 0 saturated heterocycles. The number of aromatic nitrogens is 3. The van der Waals surface area contributed by atoms with Gasteiger partial charge in [-0.15, -0.1) is 0 Å². The molecule has 0 N–H and O–H groups in total. The summed E-state index contributed by atoms with van der Waals surface area (Å²) in [4.78, 5) is 15.8. The van der Waals surface area contributed by atoms with Crippen LogP contribution in [0.3, 0.4) is 0 Å². The molecule has 2 aliphatic rings. The number of hydrogen-bond acceptors (Lipinski definition) is 3. The van der Waals surface area contributed by atoms with Crippen molar-refractivity contribution in [3.05, 3.63) is 235 Å². The highest BCUT2D eigenvalue weighted by atomic mass is 15.0. The summed E-state index contributed by atoms with van der Waals surface area (Å²) in [5.74, 6) is 1.93. The van der Waals surface area contributed by atoms with Crippen molar-refractivity contribution in [2.24, 2.45) is 0 Å². The average molecular weight is 774 g/mol. The molecule has 3 heteroatoms. The first-order valence-corrected chi connectivity index (χ1v) is 21.0. The van der Waals surface area contributed by atoms with Crippen LogP contribution >= 0.6 is 0 Å². The van der Waals surface area contributed by atoms with Crippen LogP contribution in [0.1, 0.15) is 22.3 Å². The summed E-state index contributed by atoms with van der Waals surface area (Å²) >= 11 is 0. The summed E-state index contributed by atoms with van der Waals surface area (Å²) in [6.45, 7) is 0.